The van der Waals surface area contributed by atoms with Gasteiger partial charge in [0.25, 0.3) is 0 Å². The Balaban J connectivity index is -0.000000177. The van der Waals surface area contributed by atoms with E-state index in [9.17, 15) is 4.79 Å². The van der Waals surface area contributed by atoms with E-state index in [1.54, 1.807) is 6.92 Å². The number of carbonyl (C=O) groups excluding carboxylic acids is 1. The molecule has 1 atom stereocenters. The van der Waals surface area contributed by atoms with E-state index >= 15 is 0 Å². The van der Waals surface area contributed by atoms with Gasteiger partial charge in [0.15, 0.2) is 0 Å². The summed E-state index contributed by atoms with van der Waals surface area (Å²) in [5, 5.41) is 0. The molecule has 0 rings (SSSR count). The molecule has 0 aliphatic rings. The van der Waals surface area contributed by atoms with Gasteiger partial charge in [-0.25, -0.2) is 0 Å². The van der Waals surface area contributed by atoms with Gasteiger partial charge in [-0.2, -0.15) is 0 Å². The van der Waals surface area contributed by atoms with Crippen LogP contribution in [0, 0.1) is 22.2 Å². The molecule has 0 radical (unpaired) electrons. The molecule has 0 N–H and O–H groups in total. The average molecular weight is 387 g/mol. The molecule has 1 nitrogen and oxygen atoms in total. The molecule has 0 aliphatic carbocycles. The van der Waals surface area contributed by atoms with Crippen LogP contribution < -0.4 is 0 Å². The van der Waals surface area contributed by atoms with Gasteiger partial charge in [-0.05, 0) is 36.0 Å². The number of Topliss-reactive ketones (excluding diaryl/α,β-unsaturated/α-hetero) is 1. The van der Waals surface area contributed by atoms with Crippen molar-refractivity contribution in [2.45, 2.75) is 130 Å². The quantitative estimate of drug-likeness (QED) is 0.379. The zero-order chi connectivity index (χ0) is 23.5. The third-order valence-corrected chi connectivity index (χ3v) is 4.33. The molecule has 168 valence electrons. The Kier molecular flexibility index (Phi) is 27.8. The molecule has 0 saturated carbocycles. The summed E-state index contributed by atoms with van der Waals surface area (Å²) in [4.78, 5) is 12.3. The largest absolute Gasteiger partial charge is 0.300 e. The lowest BCUT2D eigenvalue weighted by Crippen LogP contribution is -2.42. The predicted octanol–water partition coefficient (Wildman–Crippen LogP) is 9.75. The van der Waals surface area contributed by atoms with E-state index < -0.39 is 0 Å². The molecular weight excluding hydrogens is 328 g/mol. The first-order valence-corrected chi connectivity index (χ1v) is 11.5. The first kappa shape index (κ1) is 37.2. The van der Waals surface area contributed by atoms with Gasteiger partial charge in [0.2, 0.25) is 0 Å². The van der Waals surface area contributed by atoms with Gasteiger partial charge in [0.1, 0.15) is 5.78 Å². The lowest BCUT2D eigenvalue weighted by molar-refractivity contribution is -0.131. The maximum atomic E-state index is 12.3. The highest BCUT2D eigenvalue weighted by Gasteiger charge is 2.44. The van der Waals surface area contributed by atoms with Gasteiger partial charge in [-0.15, -0.1) is 6.58 Å². The van der Waals surface area contributed by atoms with E-state index in [2.05, 4.69) is 55.0 Å². The van der Waals surface area contributed by atoms with Gasteiger partial charge >= 0.3 is 0 Å². The Morgan fingerprint density at radius 3 is 1.37 bits per heavy atom. The van der Waals surface area contributed by atoms with Crippen LogP contribution in [-0.2, 0) is 4.79 Å². The summed E-state index contributed by atoms with van der Waals surface area (Å²) >= 11 is 0. The van der Waals surface area contributed by atoms with Crippen molar-refractivity contribution >= 4 is 5.78 Å². The molecule has 1 heteroatoms. The van der Waals surface area contributed by atoms with Gasteiger partial charge < -0.3 is 0 Å². The Hall–Kier alpha value is -0.590. The highest BCUT2D eigenvalue weighted by atomic mass is 16.1. The fraction of sp³-hybridized carbons (Fsp3) is 0.885. The molecule has 0 aromatic carbocycles. The molecular formula is C26H58O. The van der Waals surface area contributed by atoms with Crippen LogP contribution in [0.3, 0.4) is 0 Å². The summed E-state index contributed by atoms with van der Waals surface area (Å²) < 4.78 is 0. The molecule has 1 unspecified atom stereocenters. The maximum absolute atomic E-state index is 12.3. The van der Waals surface area contributed by atoms with E-state index in [4.69, 9.17) is 0 Å². The van der Waals surface area contributed by atoms with Crippen LogP contribution >= 0.6 is 0 Å². The predicted molar refractivity (Wildman–Crippen MR) is 131 cm³/mol. The van der Waals surface area contributed by atoms with E-state index in [-0.39, 0.29) is 22.2 Å². The van der Waals surface area contributed by atoms with Crippen LogP contribution in [0.5, 0.6) is 0 Å². The van der Waals surface area contributed by atoms with E-state index in [0.29, 0.717) is 5.78 Å². The highest BCUT2D eigenvalue weighted by molar-refractivity contribution is 5.80. The smallest absolute Gasteiger partial charge is 0.133 e. The van der Waals surface area contributed by atoms with Crippen LogP contribution in [0.2, 0.25) is 0 Å². The summed E-state index contributed by atoms with van der Waals surface area (Å²) in [5.74, 6) is 0.419. The van der Waals surface area contributed by atoms with Crippen molar-refractivity contribution in [1.82, 2.24) is 0 Å². The van der Waals surface area contributed by atoms with Crippen molar-refractivity contribution in [2.75, 3.05) is 0 Å². The van der Waals surface area contributed by atoms with Crippen LogP contribution in [0.1, 0.15) is 130 Å². The summed E-state index contributed by atoms with van der Waals surface area (Å²) in [7, 11) is 0. The standard InChI is InChI=1S/C18H34O.4C2H6/c1-10-12-17(6,7)15(14(3)19)18(8,9)13-16(4,5)11-2;4*1-2/h11,15H,2,10,12-13H2,1,3-9H3;4*1-2H3. The van der Waals surface area contributed by atoms with Crippen molar-refractivity contribution in [3.8, 4) is 0 Å². The normalized spacial score (nSPS) is 11.6. The van der Waals surface area contributed by atoms with Gasteiger partial charge in [-0.1, -0.05) is 116 Å². The first-order valence-electron chi connectivity index (χ1n) is 11.5. The Morgan fingerprint density at radius 2 is 1.15 bits per heavy atom. The summed E-state index contributed by atoms with van der Waals surface area (Å²) in [6, 6.07) is 0. The maximum Gasteiger partial charge on any atom is 0.133 e. The third kappa shape index (κ3) is 17.3. The first-order chi connectivity index (χ1) is 12.4. The summed E-state index contributed by atoms with van der Waals surface area (Å²) in [6.07, 6.45) is 5.21. The second-order valence-corrected chi connectivity index (χ2v) is 8.14. The van der Waals surface area contributed by atoms with Crippen LogP contribution in [-0.4, -0.2) is 5.78 Å². The second-order valence-electron chi connectivity index (χ2n) is 8.14. The number of ketones is 1. The topological polar surface area (TPSA) is 17.1 Å². The molecule has 0 aromatic heterocycles. The highest BCUT2D eigenvalue weighted by Crippen LogP contribution is 2.49. The number of hydrogen-bond acceptors (Lipinski definition) is 1. The molecule has 0 aromatic rings. The van der Waals surface area contributed by atoms with Gasteiger partial charge in [0.05, 0.1) is 0 Å². The zero-order valence-electron chi connectivity index (χ0n) is 22.4. The van der Waals surface area contributed by atoms with Crippen molar-refractivity contribution in [3.05, 3.63) is 12.7 Å². The molecule has 0 saturated heterocycles. The molecule has 0 bridgehead atoms. The summed E-state index contributed by atoms with van der Waals surface area (Å²) in [5.41, 5.74) is 0.114. The van der Waals surface area contributed by atoms with E-state index in [0.717, 1.165) is 19.3 Å². The molecule has 27 heavy (non-hydrogen) atoms. The van der Waals surface area contributed by atoms with Gasteiger partial charge in [0, 0.05) is 5.92 Å². The van der Waals surface area contributed by atoms with Crippen molar-refractivity contribution in [2.24, 2.45) is 22.2 Å². The van der Waals surface area contributed by atoms with Crippen molar-refractivity contribution in [3.63, 3.8) is 0 Å². The van der Waals surface area contributed by atoms with Crippen LogP contribution in [0.25, 0.3) is 0 Å². The molecule has 0 amide bonds. The van der Waals surface area contributed by atoms with Crippen molar-refractivity contribution < 1.29 is 4.79 Å². The van der Waals surface area contributed by atoms with Crippen molar-refractivity contribution in [1.29, 1.82) is 0 Å². The molecule has 0 aliphatic heterocycles. The number of rotatable bonds is 8. The van der Waals surface area contributed by atoms with Crippen LogP contribution in [0.15, 0.2) is 12.7 Å². The Bertz CT molecular complexity index is 321. The van der Waals surface area contributed by atoms with Crippen LogP contribution in [0.4, 0.5) is 0 Å². The number of hydrogen-bond donors (Lipinski definition) is 0. The third-order valence-electron chi connectivity index (χ3n) is 4.33. The monoisotopic (exact) mass is 386 g/mol. The zero-order valence-corrected chi connectivity index (χ0v) is 22.4. The number of allylic oxidation sites excluding steroid dienone is 1. The lowest BCUT2D eigenvalue weighted by Gasteiger charge is -2.46. The van der Waals surface area contributed by atoms with Gasteiger partial charge in [-0.3, -0.25) is 4.79 Å². The number of carbonyl (C=O) groups is 1. The fourth-order valence-electron chi connectivity index (χ4n) is 4.30. The minimum absolute atomic E-state index is 0.0117. The Morgan fingerprint density at radius 1 is 0.815 bits per heavy atom. The lowest BCUT2D eigenvalue weighted by atomic mass is 9.58. The molecule has 0 fully saturated rings. The molecule has 0 spiro atoms. The average Bonchev–Trinajstić information content (AvgIpc) is 2.60. The SMILES string of the molecule is C=CC(C)(C)CC(C)(C)C(C(C)=O)C(C)(C)CCC.CC.CC.CC.CC. The van der Waals surface area contributed by atoms with E-state index in [1.807, 2.05) is 61.5 Å². The fourth-order valence-corrected chi connectivity index (χ4v) is 4.30. The summed E-state index contributed by atoms with van der Waals surface area (Å²) in [6.45, 7) is 37.2. The second kappa shape index (κ2) is 20.2. The minimum Gasteiger partial charge on any atom is -0.300 e. The van der Waals surface area contributed by atoms with E-state index in [1.165, 1.54) is 0 Å². The Labute approximate surface area is 175 Å². The molecule has 0 heterocycles. The minimum atomic E-state index is -0.0117.